The van der Waals surface area contributed by atoms with Crippen LogP contribution in [0.2, 0.25) is 0 Å². The van der Waals surface area contributed by atoms with E-state index in [1.165, 1.54) is 30.1 Å². The van der Waals surface area contributed by atoms with Crippen molar-refractivity contribution >= 4 is 5.91 Å². The van der Waals surface area contributed by atoms with Crippen molar-refractivity contribution in [1.29, 1.82) is 0 Å². The van der Waals surface area contributed by atoms with E-state index in [9.17, 15) is 28.2 Å². The Morgan fingerprint density at radius 2 is 1.74 bits per heavy atom. The van der Waals surface area contributed by atoms with Crippen LogP contribution in [0.3, 0.4) is 0 Å². The summed E-state index contributed by atoms with van der Waals surface area (Å²) in [6.45, 7) is 1.80. The van der Waals surface area contributed by atoms with Crippen LogP contribution >= 0.6 is 0 Å². The molecular weight excluding hydrogens is 459 g/mol. The zero-order valence-electron chi connectivity index (χ0n) is 18.9. The Bertz CT molecular complexity index is 1400. The van der Waals surface area contributed by atoms with Gasteiger partial charge in [0.15, 0.2) is 0 Å². The van der Waals surface area contributed by atoms with Gasteiger partial charge >= 0.3 is 6.18 Å². The molecule has 0 bridgehead atoms. The Kier molecular flexibility index (Phi) is 6.26. The van der Waals surface area contributed by atoms with Crippen molar-refractivity contribution in [3.05, 3.63) is 95.2 Å². The van der Waals surface area contributed by atoms with Gasteiger partial charge in [-0.15, -0.1) is 0 Å². The van der Waals surface area contributed by atoms with E-state index >= 15 is 0 Å². The fraction of sp³-hybridized carbons (Fsp3) is 0.154. The van der Waals surface area contributed by atoms with Crippen LogP contribution in [0.4, 0.5) is 13.2 Å². The average Bonchev–Trinajstić information content (AvgIpc) is 3.28. The second-order valence-corrected chi connectivity index (χ2v) is 8.16. The molecular formula is C26H22F3N3O3. The number of hydrogen-bond donors (Lipinski definition) is 2. The molecule has 180 valence electrons. The number of aromatic nitrogens is 2. The van der Waals surface area contributed by atoms with Crippen LogP contribution in [-0.2, 0) is 12.7 Å². The van der Waals surface area contributed by atoms with Crippen molar-refractivity contribution in [2.24, 2.45) is 0 Å². The molecule has 1 heterocycles. The van der Waals surface area contributed by atoms with Gasteiger partial charge in [0, 0.05) is 25.2 Å². The smallest absolute Gasteiger partial charge is 0.416 e. The molecule has 0 aliphatic heterocycles. The summed E-state index contributed by atoms with van der Waals surface area (Å²) in [4.78, 5) is 14.3. The zero-order valence-corrected chi connectivity index (χ0v) is 18.9. The number of halogens is 3. The first-order valence-electron chi connectivity index (χ1n) is 10.6. The van der Waals surface area contributed by atoms with Crippen LogP contribution in [0, 0.1) is 6.92 Å². The van der Waals surface area contributed by atoms with E-state index in [0.29, 0.717) is 5.69 Å². The summed E-state index contributed by atoms with van der Waals surface area (Å²) < 4.78 is 40.7. The standard InChI is InChI=1S/C26H22F3N3O3/c1-16-6-3-4-9-21(16)32-22(10-11-30-32)19-13-20(24(34)14-23(19)33)25(35)31(2)15-17-7-5-8-18(12-17)26(27,28)29/h3-14,33-34H,15H2,1-2H3. The fourth-order valence-corrected chi connectivity index (χ4v) is 3.85. The number of carbonyl (C=O) groups excluding carboxylic acids is 1. The quantitative estimate of drug-likeness (QED) is 0.392. The van der Waals surface area contributed by atoms with Gasteiger partial charge in [-0.2, -0.15) is 18.3 Å². The van der Waals surface area contributed by atoms with Gasteiger partial charge in [-0.1, -0.05) is 30.3 Å². The lowest BCUT2D eigenvalue weighted by Gasteiger charge is -2.20. The highest BCUT2D eigenvalue weighted by molar-refractivity contribution is 5.98. The molecule has 0 atom stereocenters. The number of rotatable bonds is 5. The number of phenolic OH excluding ortho intramolecular Hbond substituents is 2. The number of alkyl halides is 3. The first-order valence-corrected chi connectivity index (χ1v) is 10.6. The summed E-state index contributed by atoms with van der Waals surface area (Å²) in [6.07, 6.45) is -2.95. The number of nitrogens with zero attached hydrogens (tertiary/aromatic N) is 3. The number of hydrogen-bond acceptors (Lipinski definition) is 4. The van der Waals surface area contributed by atoms with Crippen molar-refractivity contribution < 1.29 is 28.2 Å². The maximum Gasteiger partial charge on any atom is 0.416 e. The SMILES string of the molecule is Cc1ccccc1-n1nccc1-c1cc(C(=O)N(C)Cc2cccc(C(F)(F)F)c2)c(O)cc1O. The topological polar surface area (TPSA) is 78.6 Å². The summed E-state index contributed by atoms with van der Waals surface area (Å²) in [5, 5.41) is 25.3. The van der Waals surface area contributed by atoms with E-state index in [1.807, 2.05) is 31.2 Å². The second kappa shape index (κ2) is 9.17. The van der Waals surface area contributed by atoms with E-state index in [1.54, 1.807) is 16.9 Å². The molecule has 2 N–H and O–H groups in total. The van der Waals surface area contributed by atoms with E-state index in [-0.39, 0.29) is 29.0 Å². The van der Waals surface area contributed by atoms with Crippen LogP contribution in [0.15, 0.2) is 72.9 Å². The van der Waals surface area contributed by atoms with Crippen LogP contribution in [0.1, 0.15) is 27.0 Å². The van der Waals surface area contributed by atoms with Gasteiger partial charge in [-0.25, -0.2) is 4.68 Å². The molecule has 0 saturated heterocycles. The molecule has 4 aromatic rings. The third-order valence-electron chi connectivity index (χ3n) is 5.63. The monoisotopic (exact) mass is 481 g/mol. The Labute approximate surface area is 199 Å². The van der Waals surface area contributed by atoms with Crippen molar-refractivity contribution in [2.45, 2.75) is 19.6 Å². The van der Waals surface area contributed by atoms with E-state index in [2.05, 4.69) is 5.10 Å². The minimum absolute atomic E-state index is 0.107. The number of carbonyl (C=O) groups is 1. The van der Waals surface area contributed by atoms with Crippen LogP contribution in [0.25, 0.3) is 16.9 Å². The minimum atomic E-state index is -4.50. The first kappa shape index (κ1) is 23.9. The van der Waals surface area contributed by atoms with Gasteiger partial charge < -0.3 is 15.1 Å². The van der Waals surface area contributed by atoms with Gasteiger partial charge in [0.05, 0.1) is 28.7 Å². The largest absolute Gasteiger partial charge is 0.507 e. The molecule has 0 aliphatic carbocycles. The second-order valence-electron chi connectivity index (χ2n) is 8.16. The summed E-state index contributed by atoms with van der Waals surface area (Å²) in [6, 6.07) is 16.3. The van der Waals surface area contributed by atoms with E-state index in [0.717, 1.165) is 29.4 Å². The van der Waals surface area contributed by atoms with Gasteiger partial charge in [-0.05, 0) is 48.4 Å². The number of para-hydroxylation sites is 1. The summed E-state index contributed by atoms with van der Waals surface area (Å²) >= 11 is 0. The van der Waals surface area contributed by atoms with Crippen LogP contribution in [-0.4, -0.2) is 37.8 Å². The van der Waals surface area contributed by atoms with Crippen molar-refractivity contribution in [2.75, 3.05) is 7.05 Å². The zero-order chi connectivity index (χ0) is 25.3. The molecule has 0 aliphatic rings. The molecule has 0 fully saturated rings. The molecule has 3 aromatic carbocycles. The number of aromatic hydroxyl groups is 2. The predicted molar refractivity (Wildman–Crippen MR) is 124 cm³/mol. The number of amides is 1. The lowest BCUT2D eigenvalue weighted by molar-refractivity contribution is -0.137. The minimum Gasteiger partial charge on any atom is -0.507 e. The van der Waals surface area contributed by atoms with Crippen molar-refractivity contribution in [3.63, 3.8) is 0 Å². The predicted octanol–water partition coefficient (Wildman–Crippen LogP) is 5.55. The lowest BCUT2D eigenvalue weighted by Crippen LogP contribution is -2.26. The molecule has 9 heteroatoms. The van der Waals surface area contributed by atoms with Gasteiger partial charge in [-0.3, -0.25) is 4.79 Å². The molecule has 1 aromatic heterocycles. The number of aryl methyl sites for hydroxylation is 1. The highest BCUT2D eigenvalue weighted by Crippen LogP contribution is 2.37. The first-order chi connectivity index (χ1) is 16.6. The summed E-state index contributed by atoms with van der Waals surface area (Å²) in [7, 11) is 1.42. The highest BCUT2D eigenvalue weighted by atomic mass is 19.4. The average molecular weight is 481 g/mol. The van der Waals surface area contributed by atoms with Crippen molar-refractivity contribution in [1.82, 2.24) is 14.7 Å². The Balaban J connectivity index is 1.68. The fourth-order valence-electron chi connectivity index (χ4n) is 3.85. The van der Waals surface area contributed by atoms with Crippen LogP contribution < -0.4 is 0 Å². The molecule has 6 nitrogen and oxygen atoms in total. The Morgan fingerprint density at radius 3 is 2.46 bits per heavy atom. The molecule has 1 amide bonds. The summed E-state index contributed by atoms with van der Waals surface area (Å²) in [5.41, 5.74) is 1.83. The third-order valence-corrected chi connectivity index (χ3v) is 5.63. The molecule has 0 saturated carbocycles. The third kappa shape index (κ3) is 4.84. The molecule has 0 spiro atoms. The highest BCUT2D eigenvalue weighted by Gasteiger charge is 2.30. The van der Waals surface area contributed by atoms with Gasteiger partial charge in [0.25, 0.3) is 5.91 Å². The maximum absolute atomic E-state index is 13.1. The molecule has 0 unspecified atom stereocenters. The lowest BCUT2D eigenvalue weighted by atomic mass is 10.0. The van der Waals surface area contributed by atoms with Crippen LogP contribution in [0.5, 0.6) is 11.5 Å². The normalized spacial score (nSPS) is 11.5. The maximum atomic E-state index is 13.1. The van der Waals surface area contributed by atoms with Gasteiger partial charge in [0.1, 0.15) is 11.5 Å². The Morgan fingerprint density at radius 1 is 1.00 bits per heavy atom. The number of benzene rings is 3. The van der Waals surface area contributed by atoms with E-state index in [4.69, 9.17) is 0 Å². The molecule has 35 heavy (non-hydrogen) atoms. The Hall–Kier alpha value is -4.27. The van der Waals surface area contributed by atoms with Crippen molar-refractivity contribution in [3.8, 4) is 28.4 Å². The van der Waals surface area contributed by atoms with E-state index < -0.39 is 23.4 Å². The van der Waals surface area contributed by atoms with Gasteiger partial charge in [0.2, 0.25) is 0 Å². The summed E-state index contributed by atoms with van der Waals surface area (Å²) in [5.74, 6) is -1.33. The number of phenols is 2. The molecule has 4 rings (SSSR count). The molecule has 0 radical (unpaired) electrons.